The summed E-state index contributed by atoms with van der Waals surface area (Å²) < 4.78 is 11.1. The zero-order chi connectivity index (χ0) is 8.23. The molecule has 2 spiro atoms. The van der Waals surface area contributed by atoms with E-state index >= 15 is 0 Å². The molecule has 1 N–H and O–H groups in total. The predicted molar refractivity (Wildman–Crippen MR) is 39.3 cm³/mol. The van der Waals surface area contributed by atoms with E-state index in [0.29, 0.717) is 19.8 Å². The second-order valence-electron chi connectivity index (χ2n) is 3.71. The molecule has 66 valence electrons. The standard InChI is InChI=1S/C8H11NO3/c10-6-7(1-2-7)8(5-9-6)11-3-4-12-8/h1-5H2,(H,9,10). The molecular formula is C8H11NO3. The van der Waals surface area contributed by atoms with Crippen molar-refractivity contribution in [2.75, 3.05) is 19.8 Å². The van der Waals surface area contributed by atoms with Crippen LogP contribution in [0.5, 0.6) is 0 Å². The van der Waals surface area contributed by atoms with E-state index in [9.17, 15) is 4.79 Å². The maximum absolute atomic E-state index is 11.4. The lowest BCUT2D eigenvalue weighted by atomic mass is 9.99. The Balaban J connectivity index is 2.00. The molecule has 0 aromatic rings. The van der Waals surface area contributed by atoms with Crippen molar-refractivity contribution in [2.45, 2.75) is 18.6 Å². The maximum Gasteiger partial charge on any atom is 0.231 e. The predicted octanol–water partition coefficient (Wildman–Crippen LogP) is -0.361. The average Bonchev–Trinajstić information content (AvgIpc) is 2.69. The second kappa shape index (κ2) is 1.83. The monoisotopic (exact) mass is 169 g/mol. The van der Waals surface area contributed by atoms with Gasteiger partial charge in [-0.05, 0) is 12.8 Å². The van der Waals surface area contributed by atoms with E-state index in [1.807, 2.05) is 0 Å². The number of carbonyl (C=O) groups is 1. The fourth-order valence-corrected chi connectivity index (χ4v) is 2.27. The molecule has 0 unspecified atom stereocenters. The summed E-state index contributed by atoms with van der Waals surface area (Å²) in [6.45, 7) is 1.78. The van der Waals surface area contributed by atoms with E-state index in [4.69, 9.17) is 9.47 Å². The summed E-state index contributed by atoms with van der Waals surface area (Å²) in [5.74, 6) is -0.478. The van der Waals surface area contributed by atoms with Crippen LogP contribution < -0.4 is 5.32 Å². The molecule has 1 amide bonds. The summed E-state index contributed by atoms with van der Waals surface area (Å²) >= 11 is 0. The molecule has 0 atom stereocenters. The van der Waals surface area contributed by atoms with Gasteiger partial charge in [-0.3, -0.25) is 4.79 Å². The molecule has 1 aliphatic carbocycles. The van der Waals surface area contributed by atoms with E-state index in [-0.39, 0.29) is 11.3 Å². The molecule has 0 aromatic carbocycles. The van der Waals surface area contributed by atoms with Crippen molar-refractivity contribution in [2.24, 2.45) is 5.41 Å². The van der Waals surface area contributed by atoms with Gasteiger partial charge in [0.1, 0.15) is 5.41 Å². The third-order valence-electron chi connectivity index (χ3n) is 3.15. The van der Waals surface area contributed by atoms with Crippen molar-refractivity contribution in [3.8, 4) is 0 Å². The van der Waals surface area contributed by atoms with Crippen LogP contribution in [0.3, 0.4) is 0 Å². The number of rotatable bonds is 0. The Kier molecular flexibility index (Phi) is 1.04. The number of nitrogens with one attached hydrogen (secondary N) is 1. The fourth-order valence-electron chi connectivity index (χ4n) is 2.27. The molecular weight excluding hydrogens is 158 g/mol. The van der Waals surface area contributed by atoms with E-state index in [1.54, 1.807) is 0 Å². The summed E-state index contributed by atoms with van der Waals surface area (Å²) in [6.07, 6.45) is 1.83. The van der Waals surface area contributed by atoms with Crippen molar-refractivity contribution < 1.29 is 14.3 Å². The minimum atomic E-state index is -0.593. The highest BCUT2D eigenvalue weighted by molar-refractivity contribution is 5.89. The van der Waals surface area contributed by atoms with E-state index in [0.717, 1.165) is 12.8 Å². The normalized spacial score (nSPS) is 34.5. The van der Waals surface area contributed by atoms with Crippen LogP contribution in [0.4, 0.5) is 0 Å². The Labute approximate surface area is 70.2 Å². The first-order valence-corrected chi connectivity index (χ1v) is 4.35. The van der Waals surface area contributed by atoms with Gasteiger partial charge in [-0.15, -0.1) is 0 Å². The van der Waals surface area contributed by atoms with Crippen molar-refractivity contribution in [3.63, 3.8) is 0 Å². The van der Waals surface area contributed by atoms with Crippen LogP contribution in [0, 0.1) is 5.41 Å². The lowest BCUT2D eigenvalue weighted by Crippen LogP contribution is -2.41. The first-order chi connectivity index (χ1) is 5.79. The van der Waals surface area contributed by atoms with Crippen molar-refractivity contribution in [3.05, 3.63) is 0 Å². The van der Waals surface area contributed by atoms with Gasteiger partial charge in [0.05, 0.1) is 19.8 Å². The van der Waals surface area contributed by atoms with Gasteiger partial charge in [-0.2, -0.15) is 0 Å². The van der Waals surface area contributed by atoms with Crippen molar-refractivity contribution in [1.29, 1.82) is 0 Å². The van der Waals surface area contributed by atoms with Gasteiger partial charge in [-0.1, -0.05) is 0 Å². The lowest BCUT2D eigenvalue weighted by Gasteiger charge is -2.25. The van der Waals surface area contributed by atoms with Gasteiger partial charge < -0.3 is 14.8 Å². The quantitative estimate of drug-likeness (QED) is 0.538. The van der Waals surface area contributed by atoms with Crippen LogP contribution in [0.2, 0.25) is 0 Å². The Morgan fingerprint density at radius 2 is 1.92 bits per heavy atom. The molecule has 2 heterocycles. The molecule has 0 radical (unpaired) electrons. The lowest BCUT2D eigenvalue weighted by molar-refractivity contribution is -0.183. The van der Waals surface area contributed by atoms with Gasteiger partial charge in [0.2, 0.25) is 11.7 Å². The van der Waals surface area contributed by atoms with Crippen LogP contribution in [0.1, 0.15) is 12.8 Å². The topological polar surface area (TPSA) is 47.6 Å². The third-order valence-corrected chi connectivity index (χ3v) is 3.15. The number of amides is 1. The summed E-state index contributed by atoms with van der Waals surface area (Å²) in [7, 11) is 0. The minimum Gasteiger partial charge on any atom is -0.350 e. The molecule has 0 bridgehead atoms. The summed E-state index contributed by atoms with van der Waals surface area (Å²) in [6, 6.07) is 0. The zero-order valence-corrected chi connectivity index (χ0v) is 6.76. The Hall–Kier alpha value is -0.610. The maximum atomic E-state index is 11.4. The zero-order valence-electron chi connectivity index (χ0n) is 6.76. The smallest absolute Gasteiger partial charge is 0.231 e. The first-order valence-electron chi connectivity index (χ1n) is 4.35. The number of carbonyl (C=O) groups excluding carboxylic acids is 1. The number of hydrogen-bond acceptors (Lipinski definition) is 3. The van der Waals surface area contributed by atoms with Gasteiger partial charge in [-0.25, -0.2) is 0 Å². The number of ether oxygens (including phenoxy) is 2. The molecule has 4 heteroatoms. The second-order valence-corrected chi connectivity index (χ2v) is 3.71. The fraction of sp³-hybridized carbons (Fsp3) is 0.875. The van der Waals surface area contributed by atoms with Crippen LogP contribution >= 0.6 is 0 Å². The number of fused-ring (bicyclic) bond motifs is 1. The minimum absolute atomic E-state index is 0.115. The highest BCUT2D eigenvalue weighted by Crippen LogP contribution is 2.59. The van der Waals surface area contributed by atoms with E-state index in [1.165, 1.54) is 0 Å². The van der Waals surface area contributed by atoms with Crippen LogP contribution in [0.15, 0.2) is 0 Å². The Morgan fingerprint density at radius 3 is 2.50 bits per heavy atom. The summed E-state index contributed by atoms with van der Waals surface area (Å²) in [4.78, 5) is 11.4. The highest BCUT2D eigenvalue weighted by Gasteiger charge is 2.71. The Morgan fingerprint density at radius 1 is 1.25 bits per heavy atom. The van der Waals surface area contributed by atoms with Crippen molar-refractivity contribution >= 4 is 5.91 Å². The molecule has 3 aliphatic rings. The summed E-state index contributed by atoms with van der Waals surface area (Å²) in [5.41, 5.74) is -0.316. The molecule has 4 nitrogen and oxygen atoms in total. The van der Waals surface area contributed by atoms with Crippen molar-refractivity contribution in [1.82, 2.24) is 5.32 Å². The van der Waals surface area contributed by atoms with Gasteiger partial charge in [0, 0.05) is 0 Å². The highest BCUT2D eigenvalue weighted by atomic mass is 16.7. The van der Waals surface area contributed by atoms with Crippen LogP contribution in [-0.2, 0) is 14.3 Å². The van der Waals surface area contributed by atoms with Gasteiger partial charge in [0.15, 0.2) is 0 Å². The molecule has 3 fully saturated rings. The molecule has 0 aromatic heterocycles. The molecule has 2 saturated heterocycles. The van der Waals surface area contributed by atoms with Crippen LogP contribution in [0.25, 0.3) is 0 Å². The van der Waals surface area contributed by atoms with Crippen LogP contribution in [-0.4, -0.2) is 31.5 Å². The van der Waals surface area contributed by atoms with E-state index < -0.39 is 5.79 Å². The largest absolute Gasteiger partial charge is 0.350 e. The van der Waals surface area contributed by atoms with E-state index in [2.05, 4.69) is 5.32 Å². The third kappa shape index (κ3) is 0.559. The molecule has 1 saturated carbocycles. The first kappa shape index (κ1) is 6.86. The SMILES string of the molecule is O=C1NCC2(OCCO2)C12CC2. The van der Waals surface area contributed by atoms with Gasteiger partial charge in [0.25, 0.3) is 0 Å². The summed E-state index contributed by atoms with van der Waals surface area (Å²) in [5, 5.41) is 2.82. The molecule has 12 heavy (non-hydrogen) atoms. The molecule has 3 rings (SSSR count). The average molecular weight is 169 g/mol. The molecule has 2 aliphatic heterocycles. The Bertz CT molecular complexity index is 241. The number of hydrogen-bond donors (Lipinski definition) is 1. The van der Waals surface area contributed by atoms with Gasteiger partial charge >= 0.3 is 0 Å².